The molecule has 1 saturated carbocycles. The van der Waals surface area contributed by atoms with Gasteiger partial charge in [0.25, 0.3) is 0 Å². The van der Waals surface area contributed by atoms with E-state index in [9.17, 15) is 0 Å². The van der Waals surface area contributed by atoms with E-state index in [1.165, 1.54) is 25.7 Å². The molecule has 0 spiro atoms. The minimum atomic E-state index is 0.645. The fraction of sp³-hybridized carbons (Fsp3) is 0.636. The maximum Gasteiger partial charge on any atom is 0.0263 e. The van der Waals surface area contributed by atoms with E-state index in [-0.39, 0.29) is 0 Å². The highest BCUT2D eigenvalue weighted by Gasteiger charge is 2.17. The van der Waals surface area contributed by atoms with E-state index in [0.717, 1.165) is 11.6 Å². The molecule has 0 amide bonds. The van der Waals surface area contributed by atoms with Crippen LogP contribution in [0.1, 0.15) is 32.6 Å². The smallest absolute Gasteiger partial charge is 0.0263 e. The normalized spacial score (nSPS) is 29.4. The van der Waals surface area contributed by atoms with Gasteiger partial charge in [-0.1, -0.05) is 20.1 Å². The predicted octanol–water partition coefficient (Wildman–Crippen LogP) is 2.85. The Balaban J connectivity index is 2.26. The van der Waals surface area contributed by atoms with Crippen LogP contribution in [0.5, 0.6) is 0 Å². The van der Waals surface area contributed by atoms with Crippen molar-refractivity contribution in [2.75, 3.05) is 0 Å². The third-order valence-electron chi connectivity index (χ3n) is 2.65. The zero-order valence-corrected chi connectivity index (χ0v) is 7.97. The van der Waals surface area contributed by atoms with Crippen molar-refractivity contribution in [3.63, 3.8) is 0 Å². The fourth-order valence-electron chi connectivity index (χ4n) is 1.73. The fourth-order valence-corrected chi connectivity index (χ4v) is 1.73. The molecule has 1 heteroatoms. The minimum Gasteiger partial charge on any atom is -0.383 e. The van der Waals surface area contributed by atoms with Crippen molar-refractivity contribution in [2.45, 2.75) is 38.6 Å². The van der Waals surface area contributed by atoms with Gasteiger partial charge in [0, 0.05) is 11.7 Å². The minimum absolute atomic E-state index is 0.645. The van der Waals surface area contributed by atoms with Crippen LogP contribution in [0.4, 0.5) is 0 Å². The lowest BCUT2D eigenvalue weighted by atomic mass is 9.87. The maximum atomic E-state index is 3.86. The molecule has 1 fully saturated rings. The largest absolute Gasteiger partial charge is 0.383 e. The molecule has 0 aromatic rings. The molecule has 1 aliphatic carbocycles. The average Bonchev–Trinajstić information content (AvgIpc) is 2.09. The van der Waals surface area contributed by atoms with Crippen LogP contribution in [0.15, 0.2) is 24.9 Å². The number of hydrogen-bond donors (Lipinski definition) is 1. The summed E-state index contributed by atoms with van der Waals surface area (Å²) >= 11 is 0. The summed E-state index contributed by atoms with van der Waals surface area (Å²) < 4.78 is 0. The summed E-state index contributed by atoms with van der Waals surface area (Å²) in [7, 11) is 0. The predicted molar refractivity (Wildman–Crippen MR) is 53.9 cm³/mol. The quantitative estimate of drug-likeness (QED) is 0.634. The van der Waals surface area contributed by atoms with E-state index in [2.05, 4.69) is 25.4 Å². The Morgan fingerprint density at radius 3 is 2.42 bits per heavy atom. The van der Waals surface area contributed by atoms with Crippen molar-refractivity contribution in [3.8, 4) is 0 Å². The van der Waals surface area contributed by atoms with E-state index >= 15 is 0 Å². The van der Waals surface area contributed by atoms with Crippen LogP contribution < -0.4 is 5.32 Å². The second-order valence-corrected chi connectivity index (χ2v) is 3.83. The molecule has 0 bridgehead atoms. The SMILES string of the molecule is C=CC(=C)NC1CCC(C)CC1. The first-order chi connectivity index (χ1) is 5.72. The van der Waals surface area contributed by atoms with Crippen LogP contribution in [0.25, 0.3) is 0 Å². The standard InChI is InChI=1S/C11H19N/c1-4-10(3)12-11-7-5-9(2)6-8-11/h4,9,11-12H,1,3,5-8H2,2H3. The first-order valence-corrected chi connectivity index (χ1v) is 4.80. The van der Waals surface area contributed by atoms with Gasteiger partial charge in [-0.15, -0.1) is 0 Å². The highest BCUT2D eigenvalue weighted by molar-refractivity contribution is 5.09. The summed E-state index contributed by atoms with van der Waals surface area (Å²) in [6.45, 7) is 9.87. The molecule has 0 aromatic carbocycles. The molecule has 0 saturated heterocycles. The van der Waals surface area contributed by atoms with E-state index in [4.69, 9.17) is 0 Å². The van der Waals surface area contributed by atoms with E-state index in [1.807, 2.05) is 0 Å². The Kier molecular flexibility index (Phi) is 3.39. The van der Waals surface area contributed by atoms with Crippen molar-refractivity contribution in [3.05, 3.63) is 24.9 Å². The third kappa shape index (κ3) is 2.72. The summed E-state index contributed by atoms with van der Waals surface area (Å²) in [5, 5.41) is 3.38. The molecule has 1 aliphatic rings. The molecule has 0 aromatic heterocycles. The van der Waals surface area contributed by atoms with Gasteiger partial charge in [-0.3, -0.25) is 0 Å². The van der Waals surface area contributed by atoms with Crippen LogP contribution >= 0.6 is 0 Å². The highest BCUT2D eigenvalue weighted by atomic mass is 14.9. The molecule has 1 rings (SSSR count). The molecule has 0 unspecified atom stereocenters. The second-order valence-electron chi connectivity index (χ2n) is 3.83. The van der Waals surface area contributed by atoms with Gasteiger partial charge in [-0.25, -0.2) is 0 Å². The van der Waals surface area contributed by atoms with Crippen molar-refractivity contribution in [1.29, 1.82) is 0 Å². The molecule has 12 heavy (non-hydrogen) atoms. The van der Waals surface area contributed by atoms with Crippen molar-refractivity contribution < 1.29 is 0 Å². The molecular weight excluding hydrogens is 146 g/mol. The molecule has 1 nitrogen and oxygen atoms in total. The lowest BCUT2D eigenvalue weighted by molar-refractivity contribution is 0.323. The van der Waals surface area contributed by atoms with Crippen LogP contribution in [0, 0.1) is 5.92 Å². The van der Waals surface area contributed by atoms with E-state index in [1.54, 1.807) is 6.08 Å². The van der Waals surface area contributed by atoms with Crippen molar-refractivity contribution in [2.24, 2.45) is 5.92 Å². The van der Waals surface area contributed by atoms with Gasteiger partial charge < -0.3 is 5.32 Å². The molecule has 0 radical (unpaired) electrons. The second kappa shape index (κ2) is 4.34. The topological polar surface area (TPSA) is 12.0 Å². The first-order valence-electron chi connectivity index (χ1n) is 4.80. The molecule has 0 aliphatic heterocycles. The Morgan fingerprint density at radius 1 is 1.33 bits per heavy atom. The van der Waals surface area contributed by atoms with Gasteiger partial charge in [0.1, 0.15) is 0 Å². The number of nitrogens with one attached hydrogen (secondary N) is 1. The average molecular weight is 165 g/mol. The summed E-state index contributed by atoms with van der Waals surface area (Å²) in [6, 6.07) is 0.645. The molecular formula is C11H19N. The molecule has 0 atom stereocenters. The van der Waals surface area contributed by atoms with Crippen LogP contribution in [-0.2, 0) is 0 Å². The summed E-state index contributed by atoms with van der Waals surface area (Å²) in [5.41, 5.74) is 0.967. The molecule has 0 heterocycles. The van der Waals surface area contributed by atoms with Gasteiger partial charge >= 0.3 is 0 Å². The zero-order chi connectivity index (χ0) is 8.97. The van der Waals surface area contributed by atoms with Gasteiger partial charge in [0.2, 0.25) is 0 Å². The number of hydrogen-bond acceptors (Lipinski definition) is 1. The summed E-state index contributed by atoms with van der Waals surface area (Å²) in [4.78, 5) is 0. The summed E-state index contributed by atoms with van der Waals surface area (Å²) in [6.07, 6.45) is 7.06. The van der Waals surface area contributed by atoms with E-state index in [0.29, 0.717) is 6.04 Å². The van der Waals surface area contributed by atoms with Crippen LogP contribution in [-0.4, -0.2) is 6.04 Å². The third-order valence-corrected chi connectivity index (χ3v) is 2.65. The molecule has 1 N–H and O–H groups in total. The van der Waals surface area contributed by atoms with Gasteiger partial charge in [0.05, 0.1) is 0 Å². The van der Waals surface area contributed by atoms with Gasteiger partial charge in [-0.2, -0.15) is 0 Å². The maximum absolute atomic E-state index is 3.86. The Morgan fingerprint density at radius 2 is 1.92 bits per heavy atom. The Hall–Kier alpha value is -0.720. The molecule has 68 valence electrons. The first kappa shape index (κ1) is 9.37. The zero-order valence-electron chi connectivity index (χ0n) is 7.97. The van der Waals surface area contributed by atoms with Gasteiger partial charge in [-0.05, 0) is 37.7 Å². The van der Waals surface area contributed by atoms with Crippen molar-refractivity contribution in [1.82, 2.24) is 5.32 Å². The Labute approximate surface area is 75.6 Å². The van der Waals surface area contributed by atoms with Crippen LogP contribution in [0.3, 0.4) is 0 Å². The monoisotopic (exact) mass is 165 g/mol. The Bertz CT molecular complexity index is 164. The number of rotatable bonds is 3. The summed E-state index contributed by atoms with van der Waals surface area (Å²) in [5.74, 6) is 0.917. The highest BCUT2D eigenvalue weighted by Crippen LogP contribution is 2.23. The van der Waals surface area contributed by atoms with Crippen LogP contribution in [0.2, 0.25) is 0 Å². The number of allylic oxidation sites excluding steroid dienone is 1. The lowest BCUT2D eigenvalue weighted by Crippen LogP contribution is -2.31. The lowest BCUT2D eigenvalue weighted by Gasteiger charge is -2.27. The van der Waals surface area contributed by atoms with Crippen molar-refractivity contribution >= 4 is 0 Å². The van der Waals surface area contributed by atoms with E-state index < -0.39 is 0 Å². The van der Waals surface area contributed by atoms with Gasteiger partial charge in [0.15, 0.2) is 0 Å².